The van der Waals surface area contributed by atoms with Gasteiger partial charge in [0.15, 0.2) is 0 Å². The van der Waals surface area contributed by atoms with Crippen molar-refractivity contribution in [2.75, 3.05) is 0 Å². The Kier molecular flexibility index (Phi) is 5.33. The molecule has 2 atom stereocenters. The highest BCUT2D eigenvalue weighted by Gasteiger charge is 2.34. The highest BCUT2D eigenvalue weighted by atomic mass is 19.3. The molecule has 0 aliphatic heterocycles. The minimum Gasteiger partial charge on any atom is -0.480 e. The number of aromatic nitrogens is 2. The third-order valence-corrected chi connectivity index (χ3v) is 4.07. The molecule has 0 spiro atoms. The zero-order chi connectivity index (χ0) is 17.1. The highest BCUT2D eigenvalue weighted by molar-refractivity contribution is 5.97. The van der Waals surface area contributed by atoms with Gasteiger partial charge in [0.05, 0.1) is 17.5 Å². The maximum atomic E-state index is 12.4. The number of hydrogen-bond acceptors (Lipinski definition) is 3. The fraction of sp³-hybridized carbons (Fsp3) is 0.667. The number of nitrogens with zero attached hydrogens (tertiary/aromatic N) is 2. The molecule has 128 valence electrons. The van der Waals surface area contributed by atoms with Crippen LogP contribution in [0, 0.1) is 0 Å². The summed E-state index contributed by atoms with van der Waals surface area (Å²) in [5.74, 6) is -1.90. The second-order valence-corrected chi connectivity index (χ2v) is 5.91. The molecular weight excluding hydrogens is 308 g/mol. The highest BCUT2D eigenvalue weighted by Crippen LogP contribution is 2.42. The van der Waals surface area contributed by atoms with E-state index in [4.69, 9.17) is 5.11 Å². The fourth-order valence-corrected chi connectivity index (χ4v) is 2.47. The Balaban J connectivity index is 2.22. The molecule has 1 amide bonds. The van der Waals surface area contributed by atoms with Crippen LogP contribution < -0.4 is 5.32 Å². The Morgan fingerprint density at radius 3 is 2.61 bits per heavy atom. The minimum atomic E-state index is -2.80. The van der Waals surface area contributed by atoms with Crippen LogP contribution in [0.3, 0.4) is 0 Å². The smallest absolute Gasteiger partial charge is 0.326 e. The first-order chi connectivity index (χ1) is 10.8. The van der Waals surface area contributed by atoms with Crippen molar-refractivity contribution in [1.29, 1.82) is 0 Å². The van der Waals surface area contributed by atoms with Crippen molar-refractivity contribution in [2.24, 2.45) is 0 Å². The lowest BCUT2D eigenvalue weighted by Crippen LogP contribution is -2.42. The third-order valence-electron chi connectivity index (χ3n) is 4.07. The summed E-state index contributed by atoms with van der Waals surface area (Å²) in [7, 11) is 0. The molecule has 1 aliphatic rings. The van der Waals surface area contributed by atoms with Gasteiger partial charge in [-0.1, -0.05) is 6.92 Å². The third kappa shape index (κ3) is 4.05. The van der Waals surface area contributed by atoms with Gasteiger partial charge in [-0.2, -0.15) is 5.10 Å². The van der Waals surface area contributed by atoms with E-state index in [-0.39, 0.29) is 17.5 Å². The zero-order valence-corrected chi connectivity index (χ0v) is 13.1. The predicted molar refractivity (Wildman–Crippen MR) is 78.7 cm³/mol. The van der Waals surface area contributed by atoms with Crippen LogP contribution in [0.1, 0.15) is 67.5 Å². The van der Waals surface area contributed by atoms with Gasteiger partial charge in [-0.05, 0) is 26.2 Å². The first-order valence-electron chi connectivity index (χ1n) is 7.74. The van der Waals surface area contributed by atoms with E-state index in [0.29, 0.717) is 0 Å². The molecule has 1 saturated carbocycles. The van der Waals surface area contributed by atoms with Crippen molar-refractivity contribution in [2.45, 2.75) is 64.0 Å². The molecule has 1 aromatic rings. The van der Waals surface area contributed by atoms with Gasteiger partial charge >= 0.3 is 5.97 Å². The van der Waals surface area contributed by atoms with E-state index in [0.717, 1.165) is 25.0 Å². The molecule has 8 heteroatoms. The predicted octanol–water partition coefficient (Wildman–Crippen LogP) is 2.57. The van der Waals surface area contributed by atoms with Crippen LogP contribution in [0.2, 0.25) is 0 Å². The van der Waals surface area contributed by atoms with E-state index < -0.39 is 30.8 Å². The number of carbonyl (C=O) groups excluding carboxylic acids is 1. The summed E-state index contributed by atoms with van der Waals surface area (Å²) >= 11 is 0. The van der Waals surface area contributed by atoms with Crippen LogP contribution in [0.5, 0.6) is 0 Å². The van der Waals surface area contributed by atoms with E-state index in [1.165, 1.54) is 6.20 Å². The van der Waals surface area contributed by atoms with E-state index >= 15 is 0 Å². The summed E-state index contributed by atoms with van der Waals surface area (Å²) in [5, 5.41) is 15.4. The Hall–Kier alpha value is -1.99. The SMILES string of the molecule is CCC(C)n1ncc(C(=O)NC(CC(F)F)C(=O)O)c1C1CC1. The van der Waals surface area contributed by atoms with Crippen molar-refractivity contribution < 1.29 is 23.5 Å². The monoisotopic (exact) mass is 329 g/mol. The van der Waals surface area contributed by atoms with E-state index in [1.807, 2.05) is 13.8 Å². The number of carboxylic acid groups (broad SMARTS) is 1. The van der Waals surface area contributed by atoms with Gasteiger partial charge in [0, 0.05) is 18.4 Å². The molecule has 1 aromatic heterocycles. The Labute approximate surface area is 132 Å². The van der Waals surface area contributed by atoms with Crippen LogP contribution >= 0.6 is 0 Å². The summed E-state index contributed by atoms with van der Waals surface area (Å²) in [4.78, 5) is 23.4. The summed E-state index contributed by atoms with van der Waals surface area (Å²) in [5.41, 5.74) is 1.06. The van der Waals surface area contributed by atoms with Crippen molar-refractivity contribution >= 4 is 11.9 Å². The van der Waals surface area contributed by atoms with Gasteiger partial charge in [0.1, 0.15) is 6.04 Å². The summed E-state index contributed by atoms with van der Waals surface area (Å²) in [6, 6.07) is -1.50. The quantitative estimate of drug-likeness (QED) is 0.768. The fourth-order valence-electron chi connectivity index (χ4n) is 2.47. The summed E-state index contributed by atoms with van der Waals surface area (Å²) in [6.45, 7) is 3.99. The first-order valence-corrected chi connectivity index (χ1v) is 7.74. The van der Waals surface area contributed by atoms with Crippen LogP contribution in [-0.4, -0.2) is 39.2 Å². The van der Waals surface area contributed by atoms with Gasteiger partial charge in [-0.3, -0.25) is 9.48 Å². The largest absolute Gasteiger partial charge is 0.480 e. The van der Waals surface area contributed by atoms with Crippen LogP contribution in [0.15, 0.2) is 6.20 Å². The van der Waals surface area contributed by atoms with Gasteiger partial charge in [0.2, 0.25) is 6.43 Å². The topological polar surface area (TPSA) is 84.2 Å². The molecule has 6 nitrogen and oxygen atoms in total. The Bertz CT molecular complexity index is 585. The lowest BCUT2D eigenvalue weighted by molar-refractivity contribution is -0.140. The average Bonchev–Trinajstić information content (AvgIpc) is 3.23. The number of carboxylic acids is 1. The van der Waals surface area contributed by atoms with E-state index in [2.05, 4.69) is 10.4 Å². The number of halogens is 2. The summed E-state index contributed by atoms with van der Waals surface area (Å²) in [6.07, 6.45) is 0.410. The van der Waals surface area contributed by atoms with Gasteiger partial charge in [0.25, 0.3) is 5.91 Å². The number of hydrogen-bond donors (Lipinski definition) is 2. The van der Waals surface area contributed by atoms with Gasteiger partial charge < -0.3 is 10.4 Å². The molecule has 0 bridgehead atoms. The maximum absolute atomic E-state index is 12.4. The summed E-state index contributed by atoms with van der Waals surface area (Å²) < 4.78 is 26.7. The molecule has 2 unspecified atom stereocenters. The standard InChI is InChI=1S/C15H21F2N3O3/c1-3-8(2)20-13(9-4-5-9)10(7-18-20)14(21)19-11(15(22)23)6-12(16)17/h7-9,11-12H,3-6H2,1-2H3,(H,19,21)(H,22,23). The van der Waals surface area contributed by atoms with E-state index in [1.54, 1.807) is 4.68 Å². The lowest BCUT2D eigenvalue weighted by atomic mass is 10.1. The minimum absolute atomic E-state index is 0.114. The van der Waals surface area contributed by atoms with Crippen LogP contribution in [-0.2, 0) is 4.79 Å². The second kappa shape index (κ2) is 7.06. The molecule has 1 fully saturated rings. The van der Waals surface area contributed by atoms with Crippen LogP contribution in [0.25, 0.3) is 0 Å². The van der Waals surface area contributed by atoms with Gasteiger partial charge in [-0.15, -0.1) is 0 Å². The molecule has 0 saturated heterocycles. The Morgan fingerprint density at radius 2 is 2.13 bits per heavy atom. The number of carbonyl (C=O) groups is 2. The van der Waals surface area contributed by atoms with Crippen molar-refractivity contribution in [1.82, 2.24) is 15.1 Å². The van der Waals surface area contributed by atoms with E-state index in [9.17, 15) is 18.4 Å². The number of rotatable bonds is 8. The molecule has 0 aromatic carbocycles. The first kappa shape index (κ1) is 17.4. The lowest BCUT2D eigenvalue weighted by Gasteiger charge is -2.16. The van der Waals surface area contributed by atoms with Crippen molar-refractivity contribution in [3.8, 4) is 0 Å². The zero-order valence-electron chi connectivity index (χ0n) is 13.1. The Morgan fingerprint density at radius 1 is 1.48 bits per heavy atom. The number of aliphatic carboxylic acids is 1. The maximum Gasteiger partial charge on any atom is 0.326 e. The van der Waals surface area contributed by atoms with Crippen LogP contribution in [0.4, 0.5) is 8.78 Å². The molecule has 2 N–H and O–H groups in total. The molecule has 0 radical (unpaired) electrons. The molecular formula is C15H21F2N3O3. The van der Waals surface area contributed by atoms with Crippen molar-refractivity contribution in [3.05, 3.63) is 17.5 Å². The number of amides is 1. The second-order valence-electron chi connectivity index (χ2n) is 5.91. The molecule has 23 heavy (non-hydrogen) atoms. The molecule has 2 rings (SSSR count). The van der Waals surface area contributed by atoms with Crippen molar-refractivity contribution in [3.63, 3.8) is 0 Å². The van der Waals surface area contributed by atoms with Gasteiger partial charge in [-0.25, -0.2) is 13.6 Å². The number of nitrogens with one attached hydrogen (secondary N) is 1. The normalized spacial score (nSPS) is 17.1. The number of alkyl halides is 2. The average molecular weight is 329 g/mol. The molecule has 1 heterocycles. The molecule has 1 aliphatic carbocycles.